The van der Waals surface area contributed by atoms with E-state index in [4.69, 9.17) is 14.2 Å². The predicted octanol–water partition coefficient (Wildman–Crippen LogP) is 3.55. The number of hydrogen-bond donors (Lipinski definition) is 6. The first-order valence-corrected chi connectivity index (χ1v) is 18.4. The Morgan fingerprint density at radius 2 is 1.58 bits per heavy atom. The summed E-state index contributed by atoms with van der Waals surface area (Å²) in [6.07, 6.45) is 2.26. The van der Waals surface area contributed by atoms with Gasteiger partial charge in [0.05, 0.1) is 23.2 Å². The van der Waals surface area contributed by atoms with E-state index in [0.29, 0.717) is 25.2 Å². The van der Waals surface area contributed by atoms with Crippen LogP contribution in [0.15, 0.2) is 0 Å². The van der Waals surface area contributed by atoms with E-state index in [2.05, 4.69) is 20.8 Å². The summed E-state index contributed by atoms with van der Waals surface area (Å²) in [5.74, 6) is -0.506. The Labute approximate surface area is 284 Å². The highest BCUT2D eigenvalue weighted by Crippen LogP contribution is 2.89. The van der Waals surface area contributed by atoms with Crippen LogP contribution in [0, 0.1) is 44.8 Å². The van der Waals surface area contributed by atoms with Gasteiger partial charge in [0, 0.05) is 6.92 Å². The number of aliphatic hydroxyl groups excluding tert-OH is 4. The molecule has 6 N–H and O–H groups in total. The van der Waals surface area contributed by atoms with Crippen LogP contribution in [0.4, 0.5) is 0 Å². The number of carbonyl (C=O) groups excluding carboxylic acids is 1. The zero-order chi connectivity index (χ0) is 35.2. The fourth-order valence-electron chi connectivity index (χ4n) is 12.7. The van der Waals surface area contributed by atoms with E-state index in [1.165, 1.54) is 6.92 Å². The summed E-state index contributed by atoms with van der Waals surface area (Å²) in [5, 5.41) is 63.7. The minimum absolute atomic E-state index is 0.0155. The van der Waals surface area contributed by atoms with Crippen molar-refractivity contribution < 1.29 is 54.4 Å². The molecule has 14 atom stereocenters. The fraction of sp³-hybridized carbons (Fsp3) is 0.946. The largest absolute Gasteiger partial charge is 0.481 e. The second-order valence-electron chi connectivity index (χ2n) is 18.0. The number of aliphatic hydroxyl groups is 5. The SMILES string of the molecule is CC(=O)OCC1OC(OC2CCC34CC35CCC3(C)C(CCCC(O)C(C)(C)O)CCC3(C(=O)O)C5CCC4C2(C)C)C(O)C(O)C1O. The number of fused-ring (bicyclic) bond motifs is 2. The molecule has 0 radical (unpaired) electrons. The molecule has 0 bridgehead atoms. The van der Waals surface area contributed by atoms with Gasteiger partial charge in [0.1, 0.15) is 31.0 Å². The molecule has 6 fully saturated rings. The molecule has 0 aromatic heterocycles. The number of carbonyl (C=O) groups is 2. The van der Waals surface area contributed by atoms with Crippen LogP contribution in [-0.2, 0) is 23.8 Å². The normalized spacial score (nSPS) is 48.4. The number of rotatable bonds is 10. The van der Waals surface area contributed by atoms with E-state index >= 15 is 0 Å². The van der Waals surface area contributed by atoms with Crippen molar-refractivity contribution in [1.29, 1.82) is 0 Å². The molecule has 2 spiro atoms. The monoisotopic (exact) mass is 680 g/mol. The van der Waals surface area contributed by atoms with Crippen LogP contribution < -0.4 is 0 Å². The minimum atomic E-state index is -1.52. The molecule has 1 aliphatic heterocycles. The van der Waals surface area contributed by atoms with Crippen molar-refractivity contribution >= 4 is 11.9 Å². The molecular weight excluding hydrogens is 620 g/mol. The van der Waals surface area contributed by atoms with Gasteiger partial charge in [0.2, 0.25) is 0 Å². The molecule has 6 rings (SSSR count). The lowest BCUT2D eigenvalue weighted by Crippen LogP contribution is -2.62. The lowest BCUT2D eigenvalue weighted by molar-refractivity contribution is -0.326. The second-order valence-corrected chi connectivity index (χ2v) is 18.0. The Morgan fingerprint density at radius 3 is 2.23 bits per heavy atom. The number of carboxylic acids is 1. The Bertz CT molecular complexity index is 1250. The summed E-state index contributed by atoms with van der Waals surface area (Å²) in [7, 11) is 0. The first-order valence-electron chi connectivity index (χ1n) is 18.4. The molecule has 5 aliphatic carbocycles. The molecular formula is C37H60O11. The molecule has 1 heterocycles. The standard InChI is InChI=1S/C37H60O11/c1-20(38)46-18-22-27(40)28(41)29(42)30(47-22)48-26-13-14-35-19-36(35)17-16-34(6)21(8-7-9-25(39)33(4,5)45)12-15-37(34,31(43)44)24(36)11-10-23(35)32(26,2)3/h21-30,39-42,45H,7-19H2,1-6H3,(H,43,44). The molecule has 6 aliphatic rings. The van der Waals surface area contributed by atoms with Crippen molar-refractivity contribution in [3.8, 4) is 0 Å². The molecule has 0 aromatic carbocycles. The smallest absolute Gasteiger partial charge is 0.310 e. The molecule has 5 saturated carbocycles. The fourth-order valence-corrected chi connectivity index (χ4v) is 12.7. The highest BCUT2D eigenvalue weighted by Gasteiger charge is 2.84. The van der Waals surface area contributed by atoms with Gasteiger partial charge in [-0.15, -0.1) is 0 Å². The van der Waals surface area contributed by atoms with Crippen molar-refractivity contribution in [1.82, 2.24) is 0 Å². The van der Waals surface area contributed by atoms with Crippen molar-refractivity contribution in [2.75, 3.05) is 6.61 Å². The third-order valence-electron chi connectivity index (χ3n) is 15.3. The predicted molar refractivity (Wildman–Crippen MR) is 173 cm³/mol. The molecule has 0 aromatic rings. The first kappa shape index (κ1) is 36.5. The Hall–Kier alpha value is -1.34. The van der Waals surface area contributed by atoms with Crippen LogP contribution in [0.25, 0.3) is 0 Å². The average molecular weight is 681 g/mol. The van der Waals surface area contributed by atoms with Gasteiger partial charge >= 0.3 is 11.9 Å². The van der Waals surface area contributed by atoms with Gasteiger partial charge in [-0.2, -0.15) is 0 Å². The summed E-state index contributed by atoms with van der Waals surface area (Å²) in [5.41, 5.74) is -2.54. The van der Waals surface area contributed by atoms with Crippen LogP contribution >= 0.6 is 0 Å². The van der Waals surface area contributed by atoms with Crippen molar-refractivity contribution in [2.24, 2.45) is 44.8 Å². The number of carboxylic acid groups (broad SMARTS) is 1. The van der Waals surface area contributed by atoms with Gasteiger partial charge in [-0.1, -0.05) is 27.2 Å². The van der Waals surface area contributed by atoms with E-state index in [-0.39, 0.29) is 46.2 Å². The maximum atomic E-state index is 13.6. The van der Waals surface area contributed by atoms with E-state index in [0.717, 1.165) is 57.8 Å². The number of hydrogen-bond acceptors (Lipinski definition) is 10. The van der Waals surface area contributed by atoms with E-state index in [1.807, 2.05) is 0 Å². The topological polar surface area (TPSA) is 183 Å². The Balaban J connectivity index is 1.18. The van der Waals surface area contributed by atoms with Crippen molar-refractivity contribution in [3.05, 3.63) is 0 Å². The molecule has 0 amide bonds. The van der Waals surface area contributed by atoms with E-state index in [1.54, 1.807) is 13.8 Å². The maximum absolute atomic E-state index is 13.6. The second kappa shape index (κ2) is 12.1. The summed E-state index contributed by atoms with van der Waals surface area (Å²) >= 11 is 0. The summed E-state index contributed by atoms with van der Waals surface area (Å²) in [6, 6.07) is 0. The highest BCUT2D eigenvalue weighted by atomic mass is 16.7. The minimum Gasteiger partial charge on any atom is -0.481 e. The highest BCUT2D eigenvalue weighted by molar-refractivity contribution is 5.78. The number of ether oxygens (including phenoxy) is 3. The lowest BCUT2D eigenvalue weighted by Gasteiger charge is -2.62. The quantitative estimate of drug-likeness (QED) is 0.147. The Kier molecular flexibility index (Phi) is 9.21. The Morgan fingerprint density at radius 1 is 0.917 bits per heavy atom. The van der Waals surface area contributed by atoms with Gasteiger partial charge in [-0.3, -0.25) is 9.59 Å². The van der Waals surface area contributed by atoms with Gasteiger partial charge < -0.3 is 44.8 Å². The summed E-state index contributed by atoms with van der Waals surface area (Å²) in [6.45, 7) is 10.9. The molecule has 48 heavy (non-hydrogen) atoms. The number of esters is 1. The van der Waals surface area contributed by atoms with Crippen molar-refractivity contribution in [2.45, 2.75) is 167 Å². The molecule has 274 valence electrons. The summed E-state index contributed by atoms with van der Waals surface area (Å²) < 4.78 is 17.4. The zero-order valence-corrected chi connectivity index (χ0v) is 29.7. The van der Waals surface area contributed by atoms with Crippen LogP contribution in [0.2, 0.25) is 0 Å². The van der Waals surface area contributed by atoms with Crippen LogP contribution in [0.1, 0.15) is 119 Å². The molecule has 14 unspecified atom stereocenters. The van der Waals surface area contributed by atoms with Crippen LogP contribution in [-0.4, -0.2) is 97.7 Å². The molecule has 1 saturated heterocycles. The molecule has 11 nitrogen and oxygen atoms in total. The average Bonchev–Trinajstić information content (AvgIpc) is 3.57. The third kappa shape index (κ3) is 5.22. The van der Waals surface area contributed by atoms with Crippen LogP contribution in [0.5, 0.6) is 0 Å². The lowest BCUT2D eigenvalue weighted by atomic mass is 9.41. The van der Waals surface area contributed by atoms with Crippen molar-refractivity contribution in [3.63, 3.8) is 0 Å². The van der Waals surface area contributed by atoms with Gasteiger partial charge in [-0.05, 0) is 124 Å². The summed E-state index contributed by atoms with van der Waals surface area (Å²) in [4.78, 5) is 25.0. The maximum Gasteiger partial charge on any atom is 0.310 e. The van der Waals surface area contributed by atoms with Gasteiger partial charge in [-0.25, -0.2) is 0 Å². The van der Waals surface area contributed by atoms with E-state index in [9.17, 15) is 40.2 Å². The third-order valence-corrected chi connectivity index (χ3v) is 15.3. The van der Waals surface area contributed by atoms with Gasteiger partial charge in [0.15, 0.2) is 6.29 Å². The first-order chi connectivity index (χ1) is 22.3. The van der Waals surface area contributed by atoms with E-state index < -0.39 is 59.8 Å². The van der Waals surface area contributed by atoms with Crippen LogP contribution in [0.3, 0.4) is 0 Å². The zero-order valence-electron chi connectivity index (χ0n) is 29.7. The molecule has 11 heteroatoms. The number of aliphatic carboxylic acids is 1. The van der Waals surface area contributed by atoms with Gasteiger partial charge in [0.25, 0.3) is 0 Å².